The van der Waals surface area contributed by atoms with Gasteiger partial charge in [0.15, 0.2) is 10.1 Å². The predicted molar refractivity (Wildman–Crippen MR) is 157 cm³/mol. The molecule has 0 amide bonds. The van der Waals surface area contributed by atoms with Crippen LogP contribution in [0.2, 0.25) is 0 Å². The van der Waals surface area contributed by atoms with Gasteiger partial charge in [0.2, 0.25) is 0 Å². The van der Waals surface area contributed by atoms with Crippen molar-refractivity contribution in [3.8, 4) is 0 Å². The van der Waals surface area contributed by atoms with Crippen molar-refractivity contribution in [1.82, 2.24) is 0 Å². The van der Waals surface area contributed by atoms with E-state index in [0.29, 0.717) is 12.1 Å². The van der Waals surface area contributed by atoms with E-state index in [1.54, 1.807) is 0 Å². The summed E-state index contributed by atoms with van der Waals surface area (Å²) in [4.78, 5) is 0. The van der Waals surface area contributed by atoms with E-state index in [2.05, 4.69) is 109 Å². The Bertz CT molecular complexity index is 1570. The van der Waals surface area contributed by atoms with Crippen molar-refractivity contribution in [3.05, 3.63) is 133 Å². The molecule has 0 saturated heterocycles. The Kier molecular flexibility index (Phi) is 10.7. The summed E-state index contributed by atoms with van der Waals surface area (Å²) < 4.78 is 138. The van der Waals surface area contributed by atoms with E-state index in [1.807, 2.05) is 0 Å². The van der Waals surface area contributed by atoms with Crippen LogP contribution >= 0.6 is 7.26 Å². The molecule has 0 aromatic heterocycles. The van der Waals surface area contributed by atoms with Crippen LogP contribution in [-0.4, -0.2) is 37.1 Å². The fraction of sp³-hybridized carbons (Fsp3) is 0.161. The van der Waals surface area contributed by atoms with Gasteiger partial charge in [-0.2, -0.15) is 35.1 Å². The molecule has 0 radical (unpaired) electrons. The molecular formula is C31H25F8O4PS. The number of alkyl halides is 8. The van der Waals surface area contributed by atoms with Gasteiger partial charge in [-0.3, -0.25) is 0 Å². The molecule has 0 fully saturated rings. The Morgan fingerprint density at radius 2 is 1.00 bits per heavy atom. The maximum Gasteiger partial charge on any atom is 0.438 e. The molecule has 0 aliphatic rings. The standard InChI is InChI=1S/C19H18P.C12H8F8O4S/c1-20(17-11-5-2-6-12-17,18-13-7-3-8-14-18)19-15-9-4-10-16-19;1-2-7-3-5-8(6-4-7)9(13,14)10(15,16)24-11(17,18)12(19,20)25(21,22)23/h2-16H,1H3;2-6H,1H2,(H,21,22,23)/q+1;/p-1. The third-order valence-corrected chi connectivity index (χ3v) is 11.5. The zero-order valence-electron chi connectivity index (χ0n) is 23.3. The molecule has 4 rings (SSSR count). The highest BCUT2D eigenvalue weighted by Crippen LogP contribution is 2.52. The Labute approximate surface area is 255 Å². The van der Waals surface area contributed by atoms with Gasteiger partial charge in [-0.1, -0.05) is 91.5 Å². The van der Waals surface area contributed by atoms with E-state index in [-0.39, 0.29) is 5.56 Å². The van der Waals surface area contributed by atoms with Gasteiger partial charge >= 0.3 is 23.4 Å². The Hall–Kier alpha value is -3.64. The van der Waals surface area contributed by atoms with Crippen LogP contribution in [0.5, 0.6) is 0 Å². The first kappa shape index (κ1) is 35.8. The molecule has 0 heterocycles. The maximum atomic E-state index is 13.7. The van der Waals surface area contributed by atoms with Crippen molar-refractivity contribution in [2.75, 3.05) is 6.66 Å². The first-order valence-electron chi connectivity index (χ1n) is 12.7. The average Bonchev–Trinajstić information content (AvgIpc) is 3.01. The highest BCUT2D eigenvalue weighted by Gasteiger charge is 2.72. The molecular weight excluding hydrogens is 651 g/mol. The predicted octanol–water partition coefficient (Wildman–Crippen LogP) is 7.37. The third kappa shape index (κ3) is 7.44. The molecule has 45 heavy (non-hydrogen) atoms. The molecule has 4 aromatic rings. The molecule has 0 aliphatic carbocycles. The SMILES string of the molecule is C=Cc1ccc(C(F)(F)C(F)(F)OC(F)(F)C(F)(F)S(=O)(=O)[O-])cc1.C[P+](c1ccccc1)(c1ccccc1)c1ccccc1. The largest absolute Gasteiger partial charge is 0.743 e. The number of benzene rings is 4. The summed E-state index contributed by atoms with van der Waals surface area (Å²) in [5, 5.41) is -2.43. The lowest BCUT2D eigenvalue weighted by molar-refractivity contribution is -0.459. The van der Waals surface area contributed by atoms with Gasteiger partial charge in [0.1, 0.15) is 23.2 Å². The number of hydrogen-bond donors (Lipinski definition) is 0. The molecule has 0 saturated carbocycles. The third-order valence-electron chi connectivity index (χ3n) is 6.60. The zero-order chi connectivity index (χ0) is 33.7. The van der Waals surface area contributed by atoms with Crippen molar-refractivity contribution in [2.45, 2.75) is 23.4 Å². The lowest BCUT2D eigenvalue weighted by Gasteiger charge is -2.33. The van der Waals surface area contributed by atoms with Crippen LogP contribution in [0.3, 0.4) is 0 Å². The minimum atomic E-state index is -7.20. The molecule has 4 nitrogen and oxygen atoms in total. The Balaban J connectivity index is 0.000000250. The van der Waals surface area contributed by atoms with Crippen molar-refractivity contribution >= 4 is 39.4 Å². The Morgan fingerprint density at radius 1 is 0.644 bits per heavy atom. The van der Waals surface area contributed by atoms with Crippen LogP contribution in [0.1, 0.15) is 11.1 Å². The second kappa shape index (κ2) is 13.4. The van der Waals surface area contributed by atoms with Crippen LogP contribution in [0.25, 0.3) is 6.08 Å². The van der Waals surface area contributed by atoms with Gasteiger partial charge in [0.05, 0.1) is 6.66 Å². The van der Waals surface area contributed by atoms with Crippen molar-refractivity contribution in [2.24, 2.45) is 0 Å². The molecule has 240 valence electrons. The van der Waals surface area contributed by atoms with Crippen LogP contribution < -0.4 is 15.9 Å². The summed E-state index contributed by atoms with van der Waals surface area (Å²) in [6.45, 7) is 5.65. The first-order chi connectivity index (χ1) is 20.8. The molecule has 0 aliphatic heterocycles. The van der Waals surface area contributed by atoms with E-state index in [9.17, 15) is 48.1 Å². The molecule has 0 bridgehead atoms. The van der Waals surface area contributed by atoms with Crippen molar-refractivity contribution in [3.63, 3.8) is 0 Å². The lowest BCUT2D eigenvalue weighted by atomic mass is 10.1. The van der Waals surface area contributed by atoms with E-state index >= 15 is 0 Å². The normalized spacial score (nSPS) is 13.0. The molecule has 0 atom stereocenters. The fourth-order valence-corrected chi connectivity index (χ4v) is 7.58. The summed E-state index contributed by atoms with van der Waals surface area (Å²) in [5.41, 5.74) is -1.43. The molecule has 0 spiro atoms. The van der Waals surface area contributed by atoms with E-state index < -0.39 is 46.3 Å². The van der Waals surface area contributed by atoms with Gasteiger partial charge in [-0.05, 0) is 42.0 Å². The average molecular weight is 677 g/mol. The van der Waals surface area contributed by atoms with Crippen LogP contribution in [-0.2, 0) is 20.8 Å². The minimum Gasteiger partial charge on any atom is -0.743 e. The highest BCUT2D eigenvalue weighted by molar-refractivity contribution is 7.95. The molecule has 0 unspecified atom stereocenters. The first-order valence-corrected chi connectivity index (χ1v) is 16.4. The number of halogens is 8. The second-order valence-electron chi connectivity index (χ2n) is 9.52. The molecule has 14 heteroatoms. The fourth-order valence-electron chi connectivity index (χ4n) is 4.05. The summed E-state index contributed by atoms with van der Waals surface area (Å²) in [6, 6.07) is 35.0. The summed E-state index contributed by atoms with van der Waals surface area (Å²) >= 11 is 0. The number of hydrogen-bond acceptors (Lipinski definition) is 4. The van der Waals surface area contributed by atoms with Crippen LogP contribution in [0.4, 0.5) is 35.1 Å². The second-order valence-corrected chi connectivity index (χ2v) is 14.5. The summed E-state index contributed by atoms with van der Waals surface area (Å²) in [6.07, 6.45) is -11.9. The quantitative estimate of drug-likeness (QED) is 0.100. The number of ether oxygens (including phenoxy) is 1. The van der Waals surface area contributed by atoms with E-state index in [0.717, 1.165) is 18.2 Å². The summed E-state index contributed by atoms with van der Waals surface area (Å²) in [7, 11) is -8.73. The lowest BCUT2D eigenvalue weighted by Crippen LogP contribution is -2.55. The topological polar surface area (TPSA) is 66.4 Å². The van der Waals surface area contributed by atoms with E-state index in [1.165, 1.54) is 15.9 Å². The summed E-state index contributed by atoms with van der Waals surface area (Å²) in [5.74, 6) is -5.57. The zero-order valence-corrected chi connectivity index (χ0v) is 25.0. The van der Waals surface area contributed by atoms with Gasteiger partial charge in [0.25, 0.3) is 0 Å². The van der Waals surface area contributed by atoms with Gasteiger partial charge in [-0.25, -0.2) is 13.2 Å². The van der Waals surface area contributed by atoms with Gasteiger partial charge in [0, 0.05) is 5.56 Å². The van der Waals surface area contributed by atoms with Crippen molar-refractivity contribution in [1.29, 1.82) is 0 Å². The Morgan fingerprint density at radius 3 is 1.31 bits per heavy atom. The molecule has 0 N–H and O–H groups in total. The van der Waals surface area contributed by atoms with Gasteiger partial charge in [-0.15, -0.1) is 0 Å². The van der Waals surface area contributed by atoms with Crippen LogP contribution in [0.15, 0.2) is 122 Å². The number of rotatable bonds is 10. The van der Waals surface area contributed by atoms with Crippen LogP contribution in [0, 0.1) is 0 Å². The smallest absolute Gasteiger partial charge is 0.438 e. The van der Waals surface area contributed by atoms with Crippen molar-refractivity contribution < 1.29 is 52.8 Å². The van der Waals surface area contributed by atoms with E-state index in [4.69, 9.17) is 0 Å². The minimum absolute atomic E-state index is 0.179. The van der Waals surface area contributed by atoms with Gasteiger partial charge < -0.3 is 4.55 Å². The maximum absolute atomic E-state index is 13.7. The monoisotopic (exact) mass is 676 g/mol. The highest BCUT2D eigenvalue weighted by atomic mass is 32.2. The molecule has 4 aromatic carbocycles.